The lowest BCUT2D eigenvalue weighted by atomic mass is 10.3. The molecular weight excluding hydrogens is 242 g/mol. The number of aliphatic imine (C=N–C) groups is 1. The van der Waals surface area contributed by atoms with E-state index in [1.54, 1.807) is 0 Å². The highest BCUT2D eigenvalue weighted by Gasteiger charge is 2.23. The molecule has 0 aromatic rings. The van der Waals surface area contributed by atoms with Crippen molar-refractivity contribution < 1.29 is 8.95 Å². The quantitative estimate of drug-likeness (QED) is 0.612. The van der Waals surface area contributed by atoms with Crippen LogP contribution in [0.2, 0.25) is 0 Å². The summed E-state index contributed by atoms with van der Waals surface area (Å²) in [6.07, 6.45) is 1.14. The Balaban J connectivity index is 2.86. The van der Waals surface area contributed by atoms with Gasteiger partial charge in [-0.15, -0.1) is 0 Å². The lowest BCUT2D eigenvalue weighted by Gasteiger charge is -2.23. The highest BCUT2D eigenvalue weighted by molar-refractivity contribution is 7.96. The number of nitrogens with zero attached hydrogens (tertiary/aromatic N) is 2. The molecule has 0 aromatic heterocycles. The Labute approximate surface area is 102 Å². The third-order valence-corrected chi connectivity index (χ3v) is 3.80. The molecule has 0 aliphatic carbocycles. The van der Waals surface area contributed by atoms with Crippen LogP contribution in [0, 0.1) is 0 Å². The molecule has 1 rings (SSSR count). The Hall–Kier alpha value is -1.12. The van der Waals surface area contributed by atoms with Gasteiger partial charge in [0.05, 0.1) is 12.6 Å². The number of likely N-dealkylation sites (N-methyl/N-ethyl adjacent to an activating group) is 1. The van der Waals surface area contributed by atoms with Crippen molar-refractivity contribution >= 4 is 15.8 Å². The Morgan fingerprint density at radius 3 is 2.94 bits per heavy atom. The van der Waals surface area contributed by atoms with Crippen molar-refractivity contribution in [2.24, 2.45) is 20.2 Å². The van der Waals surface area contributed by atoms with Gasteiger partial charge in [-0.1, -0.05) is 6.92 Å². The van der Waals surface area contributed by atoms with Crippen molar-refractivity contribution in [2.75, 3.05) is 26.7 Å². The average Bonchev–Trinajstić information content (AvgIpc) is 2.32. The zero-order valence-electron chi connectivity index (χ0n) is 10.0. The molecule has 8 heteroatoms. The van der Waals surface area contributed by atoms with Crippen molar-refractivity contribution in [1.29, 1.82) is 0 Å². The van der Waals surface area contributed by atoms with Crippen LogP contribution in [0.5, 0.6) is 0 Å². The summed E-state index contributed by atoms with van der Waals surface area (Å²) < 4.78 is 20.9. The van der Waals surface area contributed by atoms with Crippen molar-refractivity contribution in [3.8, 4) is 0 Å². The fraction of sp³-hybridized carbons (Fsp3) is 0.667. The summed E-state index contributed by atoms with van der Waals surface area (Å²) in [4.78, 5) is 4.33. The van der Waals surface area contributed by atoms with Gasteiger partial charge in [0, 0.05) is 13.2 Å². The van der Waals surface area contributed by atoms with Gasteiger partial charge < -0.3 is 15.8 Å². The van der Waals surface area contributed by atoms with E-state index in [-0.39, 0.29) is 16.8 Å². The molecule has 0 amide bonds. The number of ether oxygens (including phenoxy) is 1. The van der Waals surface area contributed by atoms with E-state index in [0.717, 1.165) is 12.7 Å². The van der Waals surface area contributed by atoms with E-state index in [9.17, 15) is 4.21 Å². The molecule has 0 bridgehead atoms. The SMILES string of the molecule is CCNC1CN=C(/C(=C\N)S(N)(=O)=NC)OC1. The molecule has 2 unspecified atom stereocenters. The van der Waals surface area contributed by atoms with Crippen molar-refractivity contribution in [3.05, 3.63) is 11.1 Å². The minimum absolute atomic E-state index is 0.148. The van der Waals surface area contributed by atoms with E-state index in [0.29, 0.717) is 13.2 Å². The maximum atomic E-state index is 11.9. The maximum absolute atomic E-state index is 11.9. The van der Waals surface area contributed by atoms with Crippen molar-refractivity contribution in [1.82, 2.24) is 5.32 Å². The topological polar surface area (TPSA) is 115 Å². The molecule has 0 saturated carbocycles. The van der Waals surface area contributed by atoms with Gasteiger partial charge in [0.15, 0.2) is 0 Å². The highest BCUT2D eigenvalue weighted by Crippen LogP contribution is 2.11. The Morgan fingerprint density at radius 2 is 2.53 bits per heavy atom. The standard InChI is InChI=1S/C9H19N5O2S/c1-3-13-7-5-14-9(16-6-7)8(4-10)17(11,15)12-2/h4,7,13H,3,5-6,10H2,1-2H3,(H2,11,12,15)/b8-4+. The first-order chi connectivity index (χ1) is 8.05. The number of nitrogens with one attached hydrogen (secondary N) is 1. The zero-order chi connectivity index (χ0) is 12.9. The first kappa shape index (κ1) is 13.9. The van der Waals surface area contributed by atoms with E-state index in [2.05, 4.69) is 14.7 Å². The van der Waals surface area contributed by atoms with Gasteiger partial charge in [-0.25, -0.2) is 18.7 Å². The molecule has 0 radical (unpaired) electrons. The summed E-state index contributed by atoms with van der Waals surface area (Å²) in [6, 6.07) is 0.162. The van der Waals surface area contributed by atoms with Crippen LogP contribution in [0.1, 0.15) is 6.92 Å². The van der Waals surface area contributed by atoms with Crippen LogP contribution < -0.4 is 16.2 Å². The Bertz CT molecular complexity index is 437. The average molecular weight is 261 g/mol. The van der Waals surface area contributed by atoms with Crippen molar-refractivity contribution in [2.45, 2.75) is 13.0 Å². The molecule has 0 spiro atoms. The molecule has 5 N–H and O–H groups in total. The van der Waals surface area contributed by atoms with Gasteiger partial charge in [-0.05, 0) is 6.54 Å². The predicted octanol–water partition coefficient (Wildman–Crippen LogP) is -0.835. The lowest BCUT2D eigenvalue weighted by Crippen LogP contribution is -2.41. The minimum Gasteiger partial charge on any atom is -0.475 e. The van der Waals surface area contributed by atoms with Crippen LogP contribution in [0.4, 0.5) is 0 Å². The van der Waals surface area contributed by atoms with E-state index >= 15 is 0 Å². The third-order valence-electron chi connectivity index (χ3n) is 2.32. The van der Waals surface area contributed by atoms with Gasteiger partial charge in [-0.2, -0.15) is 0 Å². The normalized spacial score (nSPS) is 24.5. The van der Waals surface area contributed by atoms with Gasteiger partial charge in [0.1, 0.15) is 21.4 Å². The molecular formula is C9H19N5O2S. The molecule has 1 aliphatic heterocycles. The third kappa shape index (κ3) is 3.42. The van der Waals surface area contributed by atoms with Crippen LogP contribution in [-0.4, -0.2) is 42.9 Å². The van der Waals surface area contributed by atoms with Gasteiger partial charge in [0.25, 0.3) is 0 Å². The fourth-order valence-electron chi connectivity index (χ4n) is 1.42. The van der Waals surface area contributed by atoms with E-state index in [1.165, 1.54) is 7.05 Å². The van der Waals surface area contributed by atoms with Crippen molar-refractivity contribution in [3.63, 3.8) is 0 Å². The van der Waals surface area contributed by atoms with E-state index in [1.807, 2.05) is 6.92 Å². The number of nitrogens with two attached hydrogens (primary N) is 2. The van der Waals surface area contributed by atoms with Crippen LogP contribution in [-0.2, 0) is 14.7 Å². The van der Waals surface area contributed by atoms with Crippen LogP contribution in [0.15, 0.2) is 20.5 Å². The second kappa shape index (κ2) is 5.99. The van der Waals surface area contributed by atoms with Crippen LogP contribution in [0.3, 0.4) is 0 Å². The number of hydrogen-bond donors (Lipinski definition) is 3. The summed E-state index contributed by atoms with van der Waals surface area (Å²) in [6.45, 7) is 3.84. The lowest BCUT2D eigenvalue weighted by molar-refractivity contribution is 0.239. The second-order valence-electron chi connectivity index (χ2n) is 3.49. The van der Waals surface area contributed by atoms with Crippen LogP contribution >= 0.6 is 0 Å². The highest BCUT2D eigenvalue weighted by atomic mass is 32.2. The Kier molecular flexibility index (Phi) is 4.91. The second-order valence-corrected chi connectivity index (χ2v) is 5.44. The fourth-order valence-corrected chi connectivity index (χ4v) is 2.19. The van der Waals surface area contributed by atoms with Gasteiger partial charge in [0.2, 0.25) is 5.90 Å². The summed E-state index contributed by atoms with van der Waals surface area (Å²) in [5, 5.41) is 8.74. The molecule has 0 fully saturated rings. The number of hydrogen-bond acceptors (Lipinski definition) is 6. The molecule has 1 aliphatic rings. The minimum atomic E-state index is -3.00. The summed E-state index contributed by atoms with van der Waals surface area (Å²) >= 11 is 0. The largest absolute Gasteiger partial charge is 0.475 e. The number of rotatable bonds is 4. The maximum Gasteiger partial charge on any atom is 0.229 e. The molecule has 7 nitrogen and oxygen atoms in total. The molecule has 1 heterocycles. The summed E-state index contributed by atoms with van der Waals surface area (Å²) in [5.74, 6) is 0.222. The monoisotopic (exact) mass is 261 g/mol. The zero-order valence-corrected chi connectivity index (χ0v) is 10.9. The first-order valence-electron chi connectivity index (χ1n) is 5.31. The molecule has 2 atom stereocenters. The van der Waals surface area contributed by atoms with E-state index < -0.39 is 9.92 Å². The summed E-state index contributed by atoms with van der Waals surface area (Å²) in [7, 11) is -1.63. The predicted molar refractivity (Wildman–Crippen MR) is 68.7 cm³/mol. The molecule has 17 heavy (non-hydrogen) atoms. The van der Waals surface area contributed by atoms with Gasteiger partial charge >= 0.3 is 0 Å². The molecule has 98 valence electrons. The summed E-state index contributed by atoms with van der Waals surface area (Å²) in [5.41, 5.74) is 5.40. The van der Waals surface area contributed by atoms with Crippen LogP contribution in [0.25, 0.3) is 0 Å². The smallest absolute Gasteiger partial charge is 0.229 e. The molecule has 0 saturated heterocycles. The van der Waals surface area contributed by atoms with Gasteiger partial charge in [-0.3, -0.25) is 0 Å². The first-order valence-corrected chi connectivity index (χ1v) is 6.88. The Morgan fingerprint density at radius 1 is 1.82 bits per heavy atom. The van der Waals surface area contributed by atoms with E-state index in [4.69, 9.17) is 15.6 Å². The molecule has 0 aromatic carbocycles.